The number of hydrogen-bond acceptors (Lipinski definition) is 3. The van der Waals surface area contributed by atoms with Gasteiger partial charge in [0.25, 0.3) is 0 Å². The molecule has 46 valence electrons. The maximum Gasteiger partial charge on any atom is 0.309 e. The predicted molar refractivity (Wildman–Crippen MR) is 26.7 cm³/mol. The Morgan fingerprint density at radius 3 is 2.38 bits per heavy atom. The fourth-order valence-electron chi connectivity index (χ4n) is 0.169. The summed E-state index contributed by atoms with van der Waals surface area (Å²) in [4.78, 5) is 10.1. The van der Waals surface area contributed by atoms with Crippen molar-refractivity contribution in [2.45, 2.75) is 0 Å². The zero-order chi connectivity index (χ0) is 6.57. The second kappa shape index (κ2) is 2.98. The van der Waals surface area contributed by atoms with Crippen molar-refractivity contribution in [3.05, 3.63) is 0 Å². The molecular formula is C3H7N3O2. The van der Waals surface area contributed by atoms with Crippen molar-refractivity contribution in [1.29, 1.82) is 5.41 Å². The molecule has 0 saturated carbocycles. The number of likely N-dealkylation sites (N-methyl/N-ethyl adjacent to an activating group) is 1. The molecule has 0 unspecified atom stereocenters. The van der Waals surface area contributed by atoms with Crippen LogP contribution in [0, 0.1) is 5.41 Å². The quantitative estimate of drug-likeness (QED) is 0.137. The molecule has 5 nitrogen and oxygen atoms in total. The molecule has 0 rings (SSSR count). The lowest BCUT2D eigenvalue weighted by atomic mass is 10.6. The molecule has 0 spiro atoms. The second-order valence-corrected chi connectivity index (χ2v) is 1.07. The predicted octanol–water partition coefficient (Wildman–Crippen LogP) is -1.31. The number of hydroxylamine groups is 1. The molecule has 0 saturated heterocycles. The summed E-state index contributed by atoms with van der Waals surface area (Å²) in [6.07, 6.45) is 0. The lowest BCUT2D eigenvalue weighted by Gasteiger charge is -1.96. The van der Waals surface area contributed by atoms with Crippen LogP contribution in [0.1, 0.15) is 0 Å². The molecule has 0 aliphatic rings. The maximum absolute atomic E-state index is 10.1. The first kappa shape index (κ1) is 6.90. The molecule has 0 bridgehead atoms. The van der Waals surface area contributed by atoms with Crippen LogP contribution in [-0.2, 0) is 4.79 Å². The Hall–Kier alpha value is -1.10. The highest BCUT2D eigenvalue weighted by Crippen LogP contribution is 1.60. The number of amides is 1. The van der Waals surface area contributed by atoms with Gasteiger partial charge >= 0.3 is 5.91 Å². The highest BCUT2D eigenvalue weighted by atomic mass is 16.5. The van der Waals surface area contributed by atoms with Gasteiger partial charge in [0.05, 0.1) is 0 Å². The smallest absolute Gasteiger partial charge is 0.309 e. The summed E-state index contributed by atoms with van der Waals surface area (Å²) in [6.45, 7) is 0. The standard InChI is InChI=1S/C3H7N3O2/c1-5-2(4)3(7)6-8/h8H,1H3,(H2,4,5)(H,6,7). The van der Waals surface area contributed by atoms with E-state index in [1.165, 1.54) is 12.5 Å². The number of amidine groups is 1. The van der Waals surface area contributed by atoms with Crippen LogP contribution in [0.15, 0.2) is 0 Å². The van der Waals surface area contributed by atoms with Crippen molar-refractivity contribution >= 4 is 11.7 Å². The number of carbonyl (C=O) groups is 1. The average Bonchev–Trinajstić information content (AvgIpc) is 1.84. The van der Waals surface area contributed by atoms with Gasteiger partial charge in [0.2, 0.25) is 0 Å². The second-order valence-electron chi connectivity index (χ2n) is 1.07. The first-order valence-corrected chi connectivity index (χ1v) is 1.93. The van der Waals surface area contributed by atoms with Crippen LogP contribution in [0.4, 0.5) is 0 Å². The molecule has 1 amide bonds. The molecular weight excluding hydrogens is 110 g/mol. The van der Waals surface area contributed by atoms with Gasteiger partial charge in [0, 0.05) is 7.05 Å². The van der Waals surface area contributed by atoms with Crippen molar-refractivity contribution in [3.8, 4) is 0 Å². The van der Waals surface area contributed by atoms with Gasteiger partial charge in [-0.1, -0.05) is 0 Å². The molecule has 0 atom stereocenters. The van der Waals surface area contributed by atoms with E-state index in [4.69, 9.17) is 10.6 Å². The van der Waals surface area contributed by atoms with E-state index >= 15 is 0 Å². The van der Waals surface area contributed by atoms with Crippen molar-refractivity contribution in [2.75, 3.05) is 7.05 Å². The Morgan fingerprint density at radius 2 is 2.25 bits per heavy atom. The number of carbonyl (C=O) groups excluding carboxylic acids is 1. The van der Waals surface area contributed by atoms with Gasteiger partial charge in [-0.25, -0.2) is 5.48 Å². The highest BCUT2D eigenvalue weighted by Gasteiger charge is 2.01. The summed E-state index contributed by atoms with van der Waals surface area (Å²) in [5.74, 6) is -1.21. The summed E-state index contributed by atoms with van der Waals surface area (Å²) >= 11 is 0. The van der Waals surface area contributed by atoms with Crippen molar-refractivity contribution in [2.24, 2.45) is 0 Å². The Bertz CT molecular complexity index is 97.1. The van der Waals surface area contributed by atoms with E-state index in [1.807, 2.05) is 0 Å². The third-order valence-electron chi connectivity index (χ3n) is 0.579. The first-order valence-electron chi connectivity index (χ1n) is 1.93. The minimum Gasteiger partial charge on any atom is -0.369 e. The normalized spacial score (nSPS) is 7.75. The molecule has 0 aliphatic heterocycles. The summed E-state index contributed by atoms with van der Waals surface area (Å²) in [7, 11) is 1.41. The summed E-state index contributed by atoms with van der Waals surface area (Å²) < 4.78 is 0. The molecule has 5 heteroatoms. The van der Waals surface area contributed by atoms with Gasteiger partial charge in [-0.15, -0.1) is 0 Å². The summed E-state index contributed by atoms with van der Waals surface area (Å²) in [5, 5.41) is 16.7. The van der Waals surface area contributed by atoms with Crippen LogP contribution >= 0.6 is 0 Å². The summed E-state index contributed by atoms with van der Waals surface area (Å²) in [5.41, 5.74) is 1.29. The van der Waals surface area contributed by atoms with Gasteiger partial charge in [-0.3, -0.25) is 15.4 Å². The van der Waals surface area contributed by atoms with Crippen molar-refractivity contribution < 1.29 is 10.0 Å². The van der Waals surface area contributed by atoms with E-state index in [1.54, 1.807) is 0 Å². The zero-order valence-electron chi connectivity index (χ0n) is 4.36. The van der Waals surface area contributed by atoms with Crippen molar-refractivity contribution in [3.63, 3.8) is 0 Å². The SMILES string of the molecule is CNC(=N)C(=O)NO. The van der Waals surface area contributed by atoms with Crippen LogP contribution in [0.3, 0.4) is 0 Å². The van der Waals surface area contributed by atoms with Gasteiger partial charge in [-0.2, -0.15) is 0 Å². The molecule has 0 aromatic carbocycles. The summed E-state index contributed by atoms with van der Waals surface area (Å²) in [6, 6.07) is 0. The molecule has 0 aliphatic carbocycles. The number of rotatable bonds is 0. The largest absolute Gasteiger partial charge is 0.369 e. The third kappa shape index (κ3) is 1.57. The molecule has 0 aromatic rings. The van der Waals surface area contributed by atoms with Crippen LogP contribution in [0.5, 0.6) is 0 Å². The maximum atomic E-state index is 10.1. The van der Waals surface area contributed by atoms with Gasteiger partial charge in [0.15, 0.2) is 5.84 Å². The van der Waals surface area contributed by atoms with E-state index in [9.17, 15) is 4.79 Å². The Kier molecular flexibility index (Phi) is 2.57. The van der Waals surface area contributed by atoms with Crippen LogP contribution in [0.25, 0.3) is 0 Å². The van der Waals surface area contributed by atoms with Crippen molar-refractivity contribution in [1.82, 2.24) is 10.8 Å². The molecule has 8 heavy (non-hydrogen) atoms. The lowest BCUT2D eigenvalue weighted by molar-refractivity contribution is -0.122. The third-order valence-corrected chi connectivity index (χ3v) is 0.579. The van der Waals surface area contributed by atoms with E-state index < -0.39 is 5.91 Å². The van der Waals surface area contributed by atoms with E-state index in [-0.39, 0.29) is 5.84 Å². The van der Waals surface area contributed by atoms with Crippen LogP contribution < -0.4 is 10.8 Å². The lowest BCUT2D eigenvalue weighted by Crippen LogP contribution is -2.35. The van der Waals surface area contributed by atoms with Crippen LogP contribution in [-0.4, -0.2) is 24.0 Å². The molecule has 4 N–H and O–H groups in total. The van der Waals surface area contributed by atoms with E-state index in [0.29, 0.717) is 0 Å². The highest BCUT2D eigenvalue weighted by molar-refractivity contribution is 6.36. The monoisotopic (exact) mass is 117 g/mol. The fraction of sp³-hybridized carbons (Fsp3) is 0.333. The molecule has 0 radical (unpaired) electrons. The van der Waals surface area contributed by atoms with Crippen LogP contribution in [0.2, 0.25) is 0 Å². The Balaban J connectivity index is 3.64. The van der Waals surface area contributed by atoms with E-state index in [2.05, 4.69) is 5.32 Å². The minimum atomic E-state index is -0.840. The minimum absolute atomic E-state index is 0.368. The topological polar surface area (TPSA) is 85.2 Å². The zero-order valence-corrected chi connectivity index (χ0v) is 4.36. The van der Waals surface area contributed by atoms with Gasteiger partial charge in [0.1, 0.15) is 0 Å². The van der Waals surface area contributed by atoms with Gasteiger partial charge < -0.3 is 5.32 Å². The van der Waals surface area contributed by atoms with Gasteiger partial charge in [-0.05, 0) is 0 Å². The van der Waals surface area contributed by atoms with E-state index in [0.717, 1.165) is 0 Å². The molecule has 0 aromatic heterocycles. The first-order chi connectivity index (χ1) is 3.72. The number of nitrogens with one attached hydrogen (secondary N) is 3. The average molecular weight is 117 g/mol. The molecule has 0 fully saturated rings. The molecule has 0 heterocycles. The number of hydrogen-bond donors (Lipinski definition) is 4. The fourth-order valence-corrected chi connectivity index (χ4v) is 0.169. The Labute approximate surface area is 46.2 Å². The Morgan fingerprint density at radius 1 is 1.75 bits per heavy atom.